The summed E-state index contributed by atoms with van der Waals surface area (Å²) in [5.41, 5.74) is 7.65. The van der Waals surface area contributed by atoms with Gasteiger partial charge in [-0.15, -0.1) is 11.3 Å². The number of aromatic nitrogens is 1. The van der Waals surface area contributed by atoms with Gasteiger partial charge in [0.25, 0.3) is 5.56 Å². The van der Waals surface area contributed by atoms with Crippen molar-refractivity contribution in [2.24, 2.45) is 5.73 Å². The quantitative estimate of drug-likeness (QED) is 0.556. The monoisotopic (exact) mass is 475 g/mol. The fraction of sp³-hybridized carbons (Fsp3) is 0.160. The molecule has 1 atom stereocenters. The number of hydrogen-bond donors (Lipinski definition) is 1. The second kappa shape index (κ2) is 9.29. The lowest BCUT2D eigenvalue weighted by molar-refractivity contribution is -0.136. The van der Waals surface area contributed by atoms with Crippen molar-refractivity contribution in [3.63, 3.8) is 0 Å². The number of esters is 1. The van der Waals surface area contributed by atoms with Gasteiger partial charge in [-0.25, -0.2) is 4.79 Å². The van der Waals surface area contributed by atoms with E-state index < -0.39 is 17.4 Å². The lowest BCUT2D eigenvalue weighted by Crippen LogP contribution is -2.40. The van der Waals surface area contributed by atoms with E-state index in [1.54, 1.807) is 56.7 Å². The largest absolute Gasteiger partial charge is 0.497 e. The first-order valence-corrected chi connectivity index (χ1v) is 11.0. The summed E-state index contributed by atoms with van der Waals surface area (Å²) >= 11 is 1.14. The number of carbonyl (C=O) groups excluding carboxylic acids is 1. The van der Waals surface area contributed by atoms with E-state index in [0.29, 0.717) is 26.3 Å². The molecule has 3 aromatic rings. The molecular weight excluding hydrogens is 454 g/mol. The number of methoxy groups -OCH3 is 3. The molecule has 0 saturated carbocycles. The number of carbonyl (C=O) groups is 1. The first-order chi connectivity index (χ1) is 16.4. The maximum absolute atomic E-state index is 13.3. The summed E-state index contributed by atoms with van der Waals surface area (Å²) in [5, 5.41) is 10.1. The van der Waals surface area contributed by atoms with E-state index in [9.17, 15) is 14.9 Å². The third kappa shape index (κ3) is 3.84. The highest BCUT2D eigenvalue weighted by atomic mass is 32.1. The average Bonchev–Trinajstić information content (AvgIpc) is 3.19. The zero-order valence-corrected chi connectivity index (χ0v) is 19.5. The Morgan fingerprint density at radius 3 is 2.18 bits per heavy atom. The minimum absolute atomic E-state index is 0.0348. The molecule has 4 rings (SSSR count). The van der Waals surface area contributed by atoms with Crippen LogP contribution in [-0.4, -0.2) is 31.9 Å². The first-order valence-electron chi connectivity index (χ1n) is 10.2. The van der Waals surface area contributed by atoms with E-state index in [1.165, 1.54) is 11.7 Å². The molecule has 8 nitrogen and oxygen atoms in total. The van der Waals surface area contributed by atoms with Crippen LogP contribution in [0.2, 0.25) is 0 Å². The third-order valence-electron chi connectivity index (χ3n) is 5.54. The van der Waals surface area contributed by atoms with Crippen LogP contribution in [-0.2, 0) is 9.53 Å². The van der Waals surface area contributed by atoms with Crippen molar-refractivity contribution in [2.75, 3.05) is 21.3 Å². The second-order valence-electron chi connectivity index (χ2n) is 7.35. The standard InChI is InChI=1S/C25H21N3O5S/c1-31-16-8-4-14(5-9-16)12-19-23(29)28-22(27)21(25(30)33-3)20(18(13-26)24(28)34-19)15-6-10-17(32-2)11-7-15/h4-12,20H,27H2,1-3H3. The third-order valence-corrected chi connectivity index (χ3v) is 6.64. The minimum Gasteiger partial charge on any atom is -0.497 e. The number of ether oxygens (including phenoxy) is 3. The van der Waals surface area contributed by atoms with Crippen molar-refractivity contribution in [3.8, 4) is 17.6 Å². The SMILES string of the molecule is COC(=O)C1=C(N)n2c(sc(=Cc3ccc(OC)cc3)c2=O)=C(C#N)C1c1ccc(OC)cc1. The smallest absolute Gasteiger partial charge is 0.338 e. The lowest BCUT2D eigenvalue weighted by atomic mass is 9.84. The summed E-state index contributed by atoms with van der Waals surface area (Å²) < 4.78 is 17.3. The van der Waals surface area contributed by atoms with Crippen LogP contribution in [0.3, 0.4) is 0 Å². The van der Waals surface area contributed by atoms with E-state index in [2.05, 4.69) is 6.07 Å². The van der Waals surface area contributed by atoms with Crippen molar-refractivity contribution < 1.29 is 19.0 Å². The van der Waals surface area contributed by atoms with Gasteiger partial charge in [0.05, 0.1) is 49.0 Å². The molecule has 2 heterocycles. The summed E-state index contributed by atoms with van der Waals surface area (Å²) in [6.07, 6.45) is 1.71. The van der Waals surface area contributed by atoms with Gasteiger partial charge in [-0.1, -0.05) is 24.3 Å². The highest BCUT2D eigenvalue weighted by Crippen LogP contribution is 2.37. The van der Waals surface area contributed by atoms with E-state index in [1.807, 2.05) is 12.1 Å². The van der Waals surface area contributed by atoms with Crippen molar-refractivity contribution in [3.05, 3.63) is 84.8 Å². The molecule has 172 valence electrons. The van der Waals surface area contributed by atoms with E-state index in [4.69, 9.17) is 19.9 Å². The predicted octanol–water partition coefficient (Wildman–Crippen LogP) is 1.53. The molecule has 1 unspecified atom stereocenters. The average molecular weight is 476 g/mol. The van der Waals surface area contributed by atoms with Gasteiger partial charge in [-0.3, -0.25) is 9.36 Å². The molecule has 0 amide bonds. The number of thiazole rings is 1. The number of rotatable bonds is 5. The first kappa shape index (κ1) is 22.9. The molecule has 0 spiro atoms. The fourth-order valence-electron chi connectivity index (χ4n) is 3.84. The summed E-state index contributed by atoms with van der Waals surface area (Å²) in [5.74, 6) is -0.251. The highest BCUT2D eigenvalue weighted by Gasteiger charge is 2.36. The number of benzene rings is 2. The molecule has 0 saturated heterocycles. The summed E-state index contributed by atoms with van der Waals surface area (Å²) in [6, 6.07) is 16.4. The van der Waals surface area contributed by atoms with Crippen LogP contribution in [0.25, 0.3) is 17.5 Å². The predicted molar refractivity (Wildman–Crippen MR) is 129 cm³/mol. The molecule has 0 fully saturated rings. The molecule has 9 heteroatoms. The van der Waals surface area contributed by atoms with Crippen LogP contribution in [0.4, 0.5) is 0 Å². The molecule has 1 aliphatic heterocycles. The maximum Gasteiger partial charge on any atom is 0.338 e. The topological polar surface area (TPSA) is 117 Å². The van der Waals surface area contributed by atoms with Crippen LogP contribution in [0.15, 0.2) is 58.9 Å². The van der Waals surface area contributed by atoms with Crippen molar-refractivity contribution >= 4 is 34.8 Å². The van der Waals surface area contributed by atoms with Crippen LogP contribution >= 0.6 is 11.3 Å². The molecule has 1 aromatic heterocycles. The van der Waals surface area contributed by atoms with E-state index in [-0.39, 0.29) is 17.0 Å². The summed E-state index contributed by atoms with van der Waals surface area (Å²) in [6.45, 7) is 0. The van der Waals surface area contributed by atoms with Gasteiger partial charge in [-0.05, 0) is 41.5 Å². The number of nitrogens with two attached hydrogens (primary N) is 1. The zero-order valence-electron chi connectivity index (χ0n) is 18.7. The molecule has 0 aliphatic carbocycles. The highest BCUT2D eigenvalue weighted by molar-refractivity contribution is 7.07. The van der Waals surface area contributed by atoms with Gasteiger partial charge in [0, 0.05) is 0 Å². The number of nitriles is 1. The number of fused-ring (bicyclic) bond motifs is 1. The molecule has 34 heavy (non-hydrogen) atoms. The summed E-state index contributed by atoms with van der Waals surface area (Å²) in [7, 11) is 4.35. The Hall–Kier alpha value is -4.29. The van der Waals surface area contributed by atoms with Crippen LogP contribution < -0.4 is 30.0 Å². The van der Waals surface area contributed by atoms with E-state index in [0.717, 1.165) is 16.9 Å². The Labute approximate surface area is 199 Å². The van der Waals surface area contributed by atoms with Crippen molar-refractivity contribution in [1.29, 1.82) is 5.26 Å². The van der Waals surface area contributed by atoms with Crippen molar-refractivity contribution in [1.82, 2.24) is 4.57 Å². The molecule has 2 aromatic carbocycles. The molecular formula is C25H21N3O5S. The van der Waals surface area contributed by atoms with Gasteiger partial charge >= 0.3 is 5.97 Å². The Balaban J connectivity index is 2.01. The summed E-state index contributed by atoms with van der Waals surface area (Å²) in [4.78, 5) is 26.1. The van der Waals surface area contributed by atoms with Crippen LogP contribution in [0, 0.1) is 11.3 Å². The maximum atomic E-state index is 13.3. The van der Waals surface area contributed by atoms with Crippen LogP contribution in [0.5, 0.6) is 11.5 Å². The Kier molecular flexibility index (Phi) is 6.25. The second-order valence-corrected chi connectivity index (χ2v) is 8.38. The minimum atomic E-state index is -0.796. The molecule has 0 bridgehead atoms. The van der Waals surface area contributed by atoms with Gasteiger partial charge in [-0.2, -0.15) is 5.26 Å². The van der Waals surface area contributed by atoms with Crippen LogP contribution in [0.1, 0.15) is 17.0 Å². The van der Waals surface area contributed by atoms with Gasteiger partial charge in [0.2, 0.25) is 0 Å². The number of hydrogen-bond acceptors (Lipinski definition) is 8. The normalized spacial score (nSPS) is 15.5. The fourth-order valence-corrected chi connectivity index (χ4v) is 4.97. The number of nitrogens with zero attached hydrogens (tertiary/aromatic N) is 2. The molecule has 1 aliphatic rings. The lowest BCUT2D eigenvalue weighted by Gasteiger charge is -2.24. The Morgan fingerprint density at radius 1 is 1.06 bits per heavy atom. The van der Waals surface area contributed by atoms with Gasteiger partial charge < -0.3 is 19.9 Å². The zero-order chi connectivity index (χ0) is 24.4. The van der Waals surface area contributed by atoms with Crippen molar-refractivity contribution in [2.45, 2.75) is 5.92 Å². The van der Waals surface area contributed by atoms with Gasteiger partial charge in [0.1, 0.15) is 22.0 Å². The molecule has 0 radical (unpaired) electrons. The Morgan fingerprint density at radius 2 is 1.65 bits per heavy atom. The molecule has 2 N–H and O–H groups in total. The van der Waals surface area contributed by atoms with E-state index >= 15 is 0 Å². The van der Waals surface area contributed by atoms with Gasteiger partial charge in [0.15, 0.2) is 0 Å². The Bertz CT molecular complexity index is 1510.